The fraction of sp³-hybridized carbons (Fsp3) is 0.571. The van der Waals surface area contributed by atoms with Gasteiger partial charge in [-0.05, 0) is 19.0 Å². The molecule has 0 bridgehead atoms. The van der Waals surface area contributed by atoms with Crippen LogP contribution in [0.25, 0.3) is 0 Å². The van der Waals surface area contributed by atoms with Crippen molar-refractivity contribution >= 4 is 0 Å². The van der Waals surface area contributed by atoms with Gasteiger partial charge in [-0.25, -0.2) is 0 Å². The van der Waals surface area contributed by atoms with Crippen LogP contribution >= 0.6 is 0 Å². The molecule has 1 aliphatic rings. The lowest BCUT2D eigenvalue weighted by Crippen LogP contribution is -2.23. The van der Waals surface area contributed by atoms with Gasteiger partial charge < -0.3 is 10.1 Å². The maximum Gasteiger partial charge on any atom is 0.122 e. The SMILES string of the molecule is CCCCCNCC1COc2ccccc21. The summed E-state index contributed by atoms with van der Waals surface area (Å²) >= 11 is 0. The van der Waals surface area contributed by atoms with Crippen LogP contribution in [0.3, 0.4) is 0 Å². The molecule has 0 aromatic heterocycles. The second-order valence-corrected chi connectivity index (χ2v) is 4.46. The zero-order valence-electron chi connectivity index (χ0n) is 10.0. The molecule has 1 aliphatic heterocycles. The molecule has 0 saturated carbocycles. The second-order valence-electron chi connectivity index (χ2n) is 4.46. The van der Waals surface area contributed by atoms with Gasteiger partial charge in [0.1, 0.15) is 5.75 Å². The van der Waals surface area contributed by atoms with Gasteiger partial charge in [0.2, 0.25) is 0 Å². The molecule has 88 valence electrons. The third-order valence-electron chi connectivity index (χ3n) is 3.15. The minimum Gasteiger partial charge on any atom is -0.493 e. The first-order chi connectivity index (χ1) is 7.92. The van der Waals surface area contributed by atoms with Crippen LogP contribution < -0.4 is 10.1 Å². The average molecular weight is 219 g/mol. The van der Waals surface area contributed by atoms with Crippen LogP contribution in [0.2, 0.25) is 0 Å². The first-order valence-electron chi connectivity index (χ1n) is 6.34. The number of benzene rings is 1. The van der Waals surface area contributed by atoms with E-state index in [2.05, 4.69) is 30.4 Å². The van der Waals surface area contributed by atoms with Gasteiger partial charge in [0.15, 0.2) is 0 Å². The van der Waals surface area contributed by atoms with E-state index in [1.807, 2.05) is 6.07 Å². The zero-order valence-corrected chi connectivity index (χ0v) is 10.0. The fourth-order valence-corrected chi connectivity index (χ4v) is 2.17. The molecule has 0 fully saturated rings. The van der Waals surface area contributed by atoms with E-state index in [0.717, 1.165) is 25.4 Å². The third kappa shape index (κ3) is 2.76. The molecule has 2 rings (SSSR count). The molecule has 0 spiro atoms. The molecule has 2 heteroatoms. The van der Waals surface area contributed by atoms with Crippen LogP contribution in [0.15, 0.2) is 24.3 Å². The van der Waals surface area contributed by atoms with Gasteiger partial charge >= 0.3 is 0 Å². The minimum atomic E-state index is 0.540. The third-order valence-corrected chi connectivity index (χ3v) is 3.15. The van der Waals surface area contributed by atoms with E-state index in [0.29, 0.717) is 5.92 Å². The molecule has 1 aromatic carbocycles. The Morgan fingerprint density at radius 2 is 2.19 bits per heavy atom. The first kappa shape index (κ1) is 11.5. The smallest absolute Gasteiger partial charge is 0.122 e. The Kier molecular flexibility index (Phi) is 4.23. The van der Waals surface area contributed by atoms with Crippen molar-refractivity contribution in [2.75, 3.05) is 19.7 Å². The number of hydrogen-bond acceptors (Lipinski definition) is 2. The number of rotatable bonds is 6. The van der Waals surface area contributed by atoms with Crippen molar-refractivity contribution in [3.63, 3.8) is 0 Å². The monoisotopic (exact) mass is 219 g/mol. The molecule has 0 amide bonds. The molecule has 0 radical (unpaired) electrons. The molecular weight excluding hydrogens is 198 g/mol. The normalized spacial score (nSPS) is 18.2. The van der Waals surface area contributed by atoms with Gasteiger partial charge in [-0.15, -0.1) is 0 Å². The van der Waals surface area contributed by atoms with Crippen LogP contribution in [0.4, 0.5) is 0 Å². The maximum atomic E-state index is 5.65. The predicted octanol–water partition coefficient (Wildman–Crippen LogP) is 2.94. The van der Waals surface area contributed by atoms with Gasteiger partial charge in [-0.3, -0.25) is 0 Å². The number of hydrogen-bond donors (Lipinski definition) is 1. The summed E-state index contributed by atoms with van der Waals surface area (Å²) < 4.78 is 5.65. The summed E-state index contributed by atoms with van der Waals surface area (Å²) in [5.74, 6) is 1.61. The highest BCUT2D eigenvalue weighted by atomic mass is 16.5. The number of fused-ring (bicyclic) bond motifs is 1. The van der Waals surface area contributed by atoms with Crippen molar-refractivity contribution in [3.05, 3.63) is 29.8 Å². The Balaban J connectivity index is 1.76. The lowest BCUT2D eigenvalue weighted by atomic mass is 10.0. The van der Waals surface area contributed by atoms with E-state index in [1.165, 1.54) is 24.8 Å². The van der Waals surface area contributed by atoms with Gasteiger partial charge in [-0.2, -0.15) is 0 Å². The van der Waals surface area contributed by atoms with E-state index in [4.69, 9.17) is 4.74 Å². The lowest BCUT2D eigenvalue weighted by Gasteiger charge is -2.10. The number of para-hydroxylation sites is 1. The number of ether oxygens (including phenoxy) is 1. The Morgan fingerprint density at radius 3 is 3.06 bits per heavy atom. The molecule has 1 heterocycles. The molecule has 16 heavy (non-hydrogen) atoms. The second kappa shape index (κ2) is 5.90. The average Bonchev–Trinajstić information content (AvgIpc) is 2.73. The van der Waals surface area contributed by atoms with Gasteiger partial charge in [0.05, 0.1) is 6.61 Å². The first-order valence-corrected chi connectivity index (χ1v) is 6.34. The highest BCUT2D eigenvalue weighted by Gasteiger charge is 2.22. The van der Waals surface area contributed by atoms with E-state index in [9.17, 15) is 0 Å². The van der Waals surface area contributed by atoms with Gasteiger partial charge in [0, 0.05) is 18.0 Å². The lowest BCUT2D eigenvalue weighted by molar-refractivity contribution is 0.326. The molecular formula is C14H21NO. The number of unbranched alkanes of at least 4 members (excludes halogenated alkanes) is 2. The largest absolute Gasteiger partial charge is 0.493 e. The molecule has 0 saturated heterocycles. The Labute approximate surface area is 98.0 Å². The summed E-state index contributed by atoms with van der Waals surface area (Å²) in [6.45, 7) is 5.24. The van der Waals surface area contributed by atoms with Crippen LogP contribution in [-0.4, -0.2) is 19.7 Å². The summed E-state index contributed by atoms with van der Waals surface area (Å²) in [6.07, 6.45) is 3.90. The molecule has 1 atom stereocenters. The molecule has 1 aromatic rings. The van der Waals surface area contributed by atoms with Crippen molar-refractivity contribution in [2.24, 2.45) is 0 Å². The quantitative estimate of drug-likeness (QED) is 0.743. The van der Waals surface area contributed by atoms with Crippen molar-refractivity contribution in [2.45, 2.75) is 32.1 Å². The topological polar surface area (TPSA) is 21.3 Å². The van der Waals surface area contributed by atoms with Crippen molar-refractivity contribution in [1.82, 2.24) is 5.32 Å². The highest BCUT2D eigenvalue weighted by Crippen LogP contribution is 2.32. The van der Waals surface area contributed by atoms with E-state index in [1.54, 1.807) is 0 Å². The Hall–Kier alpha value is -1.02. The standard InChI is InChI=1S/C14H21NO/c1-2-3-6-9-15-10-12-11-16-14-8-5-4-7-13(12)14/h4-5,7-8,12,15H,2-3,6,9-11H2,1H3. The molecule has 2 nitrogen and oxygen atoms in total. The minimum absolute atomic E-state index is 0.540. The summed E-state index contributed by atoms with van der Waals surface area (Å²) in [4.78, 5) is 0. The molecule has 1 N–H and O–H groups in total. The predicted molar refractivity (Wildman–Crippen MR) is 67.1 cm³/mol. The highest BCUT2D eigenvalue weighted by molar-refractivity contribution is 5.39. The summed E-state index contributed by atoms with van der Waals surface area (Å²) in [5, 5.41) is 3.52. The van der Waals surface area contributed by atoms with Crippen molar-refractivity contribution < 1.29 is 4.74 Å². The summed E-state index contributed by atoms with van der Waals surface area (Å²) in [7, 11) is 0. The van der Waals surface area contributed by atoms with E-state index >= 15 is 0 Å². The van der Waals surface area contributed by atoms with E-state index in [-0.39, 0.29) is 0 Å². The van der Waals surface area contributed by atoms with Crippen molar-refractivity contribution in [3.8, 4) is 5.75 Å². The molecule has 1 unspecified atom stereocenters. The summed E-state index contributed by atoms with van der Waals surface area (Å²) in [6, 6.07) is 8.38. The maximum absolute atomic E-state index is 5.65. The Morgan fingerprint density at radius 1 is 1.31 bits per heavy atom. The fourth-order valence-electron chi connectivity index (χ4n) is 2.17. The summed E-state index contributed by atoms with van der Waals surface area (Å²) in [5.41, 5.74) is 1.37. The van der Waals surface area contributed by atoms with Gasteiger partial charge in [-0.1, -0.05) is 38.0 Å². The number of nitrogens with one attached hydrogen (secondary N) is 1. The van der Waals surface area contributed by atoms with E-state index < -0.39 is 0 Å². The van der Waals surface area contributed by atoms with Crippen LogP contribution in [0, 0.1) is 0 Å². The zero-order chi connectivity index (χ0) is 11.2. The van der Waals surface area contributed by atoms with Crippen LogP contribution in [0.1, 0.15) is 37.7 Å². The van der Waals surface area contributed by atoms with Crippen molar-refractivity contribution in [1.29, 1.82) is 0 Å². The molecule has 0 aliphatic carbocycles. The van der Waals surface area contributed by atoms with Crippen LogP contribution in [0.5, 0.6) is 5.75 Å². The Bertz CT molecular complexity index is 324. The van der Waals surface area contributed by atoms with Crippen LogP contribution in [-0.2, 0) is 0 Å². The van der Waals surface area contributed by atoms with Gasteiger partial charge in [0.25, 0.3) is 0 Å².